The molecule has 104 valence electrons. The van der Waals surface area contributed by atoms with Gasteiger partial charge in [-0.1, -0.05) is 30.3 Å². The number of aliphatic carboxylic acids is 1. The molecule has 0 spiro atoms. The minimum absolute atomic E-state index is 0.306. The van der Waals surface area contributed by atoms with Crippen molar-refractivity contribution in [3.63, 3.8) is 0 Å². The summed E-state index contributed by atoms with van der Waals surface area (Å²) in [6.45, 7) is 0. The zero-order valence-electron chi connectivity index (χ0n) is 10.5. The number of aliphatic hydroxyl groups is 2. The van der Waals surface area contributed by atoms with E-state index in [1.54, 1.807) is 24.3 Å². The van der Waals surface area contributed by atoms with Crippen LogP contribution in [0.1, 0.15) is 11.7 Å². The third-order valence-electron chi connectivity index (χ3n) is 2.75. The molecule has 0 aromatic heterocycles. The van der Waals surface area contributed by atoms with Crippen LogP contribution in [-0.2, 0) is 4.79 Å². The van der Waals surface area contributed by atoms with Gasteiger partial charge in [-0.15, -0.1) is 0 Å². The van der Waals surface area contributed by atoms with Crippen molar-refractivity contribution in [2.45, 2.75) is 12.2 Å². The molecule has 2 unspecified atom stereocenters. The summed E-state index contributed by atoms with van der Waals surface area (Å²) >= 11 is 0. The Morgan fingerprint density at radius 3 is 2.00 bits per heavy atom. The number of carbonyl (C=O) groups is 1. The van der Waals surface area contributed by atoms with E-state index in [1.807, 2.05) is 18.2 Å². The van der Waals surface area contributed by atoms with Crippen LogP contribution in [0.15, 0.2) is 54.6 Å². The number of ether oxygens (including phenoxy) is 1. The third kappa shape index (κ3) is 3.34. The van der Waals surface area contributed by atoms with Crippen LogP contribution in [0, 0.1) is 0 Å². The van der Waals surface area contributed by atoms with E-state index in [-0.39, 0.29) is 0 Å². The van der Waals surface area contributed by atoms with Gasteiger partial charge in [-0.25, -0.2) is 4.79 Å². The van der Waals surface area contributed by atoms with E-state index >= 15 is 0 Å². The summed E-state index contributed by atoms with van der Waals surface area (Å²) in [5, 5.41) is 27.6. The average molecular weight is 274 g/mol. The molecule has 3 N–H and O–H groups in total. The molecule has 2 atom stereocenters. The monoisotopic (exact) mass is 274 g/mol. The summed E-state index contributed by atoms with van der Waals surface area (Å²) < 4.78 is 5.56. The molecule has 0 aliphatic heterocycles. The predicted molar refractivity (Wildman–Crippen MR) is 71.6 cm³/mol. The minimum atomic E-state index is -1.85. The lowest BCUT2D eigenvalue weighted by atomic mass is 10.0. The summed E-state index contributed by atoms with van der Waals surface area (Å²) in [5.74, 6) is -0.245. The summed E-state index contributed by atoms with van der Waals surface area (Å²) in [7, 11) is 0. The molecule has 0 saturated heterocycles. The molecule has 2 aromatic carbocycles. The second-order valence-electron chi connectivity index (χ2n) is 4.21. The zero-order chi connectivity index (χ0) is 14.5. The highest BCUT2D eigenvalue weighted by atomic mass is 16.5. The Hall–Kier alpha value is -2.37. The fourth-order valence-electron chi connectivity index (χ4n) is 1.68. The Morgan fingerprint density at radius 2 is 1.45 bits per heavy atom. The highest BCUT2D eigenvalue weighted by Gasteiger charge is 2.24. The van der Waals surface area contributed by atoms with Gasteiger partial charge < -0.3 is 20.1 Å². The Morgan fingerprint density at radius 1 is 0.900 bits per heavy atom. The first-order valence-electron chi connectivity index (χ1n) is 6.00. The number of aliphatic hydroxyl groups excluding tert-OH is 2. The van der Waals surface area contributed by atoms with E-state index in [1.165, 1.54) is 12.1 Å². The lowest BCUT2D eigenvalue weighted by molar-refractivity contribution is -0.153. The van der Waals surface area contributed by atoms with E-state index in [4.69, 9.17) is 9.84 Å². The van der Waals surface area contributed by atoms with Crippen LogP contribution in [0.4, 0.5) is 0 Å². The highest BCUT2D eigenvalue weighted by molar-refractivity contribution is 5.73. The van der Waals surface area contributed by atoms with Gasteiger partial charge in [0.1, 0.15) is 17.6 Å². The summed E-state index contributed by atoms with van der Waals surface area (Å²) in [6.07, 6.45) is -3.32. The molecule has 2 aromatic rings. The Kier molecular flexibility index (Phi) is 4.34. The molecular weight excluding hydrogens is 260 g/mol. The molecule has 5 nitrogen and oxygen atoms in total. The summed E-state index contributed by atoms with van der Waals surface area (Å²) in [4.78, 5) is 10.6. The number of para-hydroxylation sites is 1. The van der Waals surface area contributed by atoms with Gasteiger partial charge in [0.25, 0.3) is 0 Å². The topological polar surface area (TPSA) is 87.0 Å². The summed E-state index contributed by atoms with van der Waals surface area (Å²) in [5.41, 5.74) is 0.306. The quantitative estimate of drug-likeness (QED) is 0.775. The van der Waals surface area contributed by atoms with Gasteiger partial charge in [0.05, 0.1) is 0 Å². The maximum absolute atomic E-state index is 10.6. The van der Waals surface area contributed by atoms with Crippen molar-refractivity contribution >= 4 is 5.97 Å². The second-order valence-corrected chi connectivity index (χ2v) is 4.21. The van der Waals surface area contributed by atoms with E-state index in [2.05, 4.69) is 0 Å². The van der Waals surface area contributed by atoms with Crippen LogP contribution in [-0.4, -0.2) is 27.4 Å². The second kappa shape index (κ2) is 6.18. The van der Waals surface area contributed by atoms with Crippen molar-refractivity contribution in [1.29, 1.82) is 0 Å². The molecule has 0 saturated carbocycles. The fraction of sp³-hybridized carbons (Fsp3) is 0.133. The molecule has 0 aliphatic carbocycles. The van der Waals surface area contributed by atoms with Crippen molar-refractivity contribution in [1.82, 2.24) is 0 Å². The summed E-state index contributed by atoms with van der Waals surface area (Å²) in [6, 6.07) is 15.4. The Bertz CT molecular complexity index is 565. The number of benzene rings is 2. The van der Waals surface area contributed by atoms with Crippen LogP contribution in [0.5, 0.6) is 11.5 Å². The van der Waals surface area contributed by atoms with Gasteiger partial charge >= 0.3 is 5.97 Å². The van der Waals surface area contributed by atoms with Gasteiger partial charge in [-0.3, -0.25) is 0 Å². The van der Waals surface area contributed by atoms with Crippen molar-refractivity contribution in [2.24, 2.45) is 0 Å². The maximum Gasteiger partial charge on any atom is 0.335 e. The molecule has 20 heavy (non-hydrogen) atoms. The van der Waals surface area contributed by atoms with Gasteiger partial charge in [-0.2, -0.15) is 0 Å². The minimum Gasteiger partial charge on any atom is -0.479 e. The van der Waals surface area contributed by atoms with Gasteiger partial charge in [-0.05, 0) is 29.8 Å². The zero-order valence-corrected chi connectivity index (χ0v) is 10.5. The predicted octanol–water partition coefficient (Wildman–Crippen LogP) is 1.96. The molecule has 5 heteroatoms. The van der Waals surface area contributed by atoms with E-state index in [0.29, 0.717) is 17.1 Å². The number of hydrogen-bond acceptors (Lipinski definition) is 4. The largest absolute Gasteiger partial charge is 0.479 e. The molecule has 0 heterocycles. The first-order chi connectivity index (χ1) is 9.58. The van der Waals surface area contributed by atoms with Crippen molar-refractivity contribution in [3.05, 3.63) is 60.2 Å². The number of carboxylic acids is 1. The SMILES string of the molecule is O=C(O)C(O)C(O)c1ccc(Oc2ccccc2)cc1. The van der Waals surface area contributed by atoms with Crippen molar-refractivity contribution < 1.29 is 24.9 Å². The molecule has 0 radical (unpaired) electrons. The molecule has 0 aliphatic rings. The first kappa shape index (κ1) is 14.0. The van der Waals surface area contributed by atoms with Crippen LogP contribution in [0.25, 0.3) is 0 Å². The van der Waals surface area contributed by atoms with E-state index in [0.717, 1.165) is 0 Å². The van der Waals surface area contributed by atoms with Gasteiger partial charge in [0.15, 0.2) is 6.10 Å². The fourth-order valence-corrected chi connectivity index (χ4v) is 1.68. The number of hydrogen-bond donors (Lipinski definition) is 3. The van der Waals surface area contributed by atoms with E-state index < -0.39 is 18.2 Å². The van der Waals surface area contributed by atoms with Crippen LogP contribution in [0.2, 0.25) is 0 Å². The molecule has 2 rings (SSSR count). The normalized spacial score (nSPS) is 13.5. The third-order valence-corrected chi connectivity index (χ3v) is 2.75. The van der Waals surface area contributed by atoms with Crippen LogP contribution in [0.3, 0.4) is 0 Å². The molecule has 0 bridgehead atoms. The average Bonchev–Trinajstić information content (AvgIpc) is 2.47. The van der Waals surface area contributed by atoms with E-state index in [9.17, 15) is 15.0 Å². The molecule has 0 fully saturated rings. The van der Waals surface area contributed by atoms with Crippen LogP contribution >= 0.6 is 0 Å². The highest BCUT2D eigenvalue weighted by Crippen LogP contribution is 2.24. The smallest absolute Gasteiger partial charge is 0.335 e. The molecule has 0 amide bonds. The first-order valence-corrected chi connectivity index (χ1v) is 6.00. The van der Waals surface area contributed by atoms with Crippen LogP contribution < -0.4 is 4.74 Å². The lowest BCUT2D eigenvalue weighted by Gasteiger charge is -2.14. The molecular formula is C15H14O5. The van der Waals surface area contributed by atoms with Gasteiger partial charge in [0.2, 0.25) is 0 Å². The lowest BCUT2D eigenvalue weighted by Crippen LogP contribution is -2.27. The Balaban J connectivity index is 2.08. The number of rotatable bonds is 5. The van der Waals surface area contributed by atoms with Crippen molar-refractivity contribution in [3.8, 4) is 11.5 Å². The van der Waals surface area contributed by atoms with Gasteiger partial charge in [0, 0.05) is 0 Å². The number of carboxylic acid groups (broad SMARTS) is 1. The van der Waals surface area contributed by atoms with Crippen molar-refractivity contribution in [2.75, 3.05) is 0 Å². The standard InChI is InChI=1S/C15H14O5/c16-13(14(17)15(18)19)10-6-8-12(9-7-10)20-11-4-2-1-3-5-11/h1-9,13-14,16-17H,(H,18,19). The maximum atomic E-state index is 10.6. The Labute approximate surface area is 115 Å².